The van der Waals surface area contributed by atoms with Gasteiger partial charge in [-0.3, -0.25) is 4.79 Å². The molecule has 0 radical (unpaired) electrons. The van der Waals surface area contributed by atoms with E-state index in [9.17, 15) is 4.79 Å². The van der Waals surface area contributed by atoms with Crippen LogP contribution in [0, 0.1) is 5.92 Å². The van der Waals surface area contributed by atoms with Gasteiger partial charge in [0.05, 0.1) is 5.92 Å². The highest BCUT2D eigenvalue weighted by Gasteiger charge is 2.43. The largest absolute Gasteiger partial charge is 0.426 e. The number of benzene rings is 1. The highest BCUT2D eigenvalue weighted by Crippen LogP contribution is 2.49. The number of ether oxygens (including phenoxy) is 1. The maximum absolute atomic E-state index is 11.4. The Morgan fingerprint density at radius 1 is 1.15 bits per heavy atom. The van der Waals surface area contributed by atoms with E-state index in [2.05, 4.69) is 6.07 Å². The summed E-state index contributed by atoms with van der Waals surface area (Å²) in [6.45, 7) is 0. The predicted octanol–water partition coefficient (Wildman–Crippen LogP) is 2.10. The second-order valence-electron chi connectivity index (χ2n) is 3.75. The summed E-state index contributed by atoms with van der Waals surface area (Å²) in [4.78, 5) is 11.4. The van der Waals surface area contributed by atoms with Crippen LogP contribution < -0.4 is 4.74 Å². The molecule has 2 atom stereocenters. The molecule has 0 amide bonds. The summed E-state index contributed by atoms with van der Waals surface area (Å²) >= 11 is 0. The number of fused-ring (bicyclic) bond motifs is 3. The van der Waals surface area contributed by atoms with Gasteiger partial charge < -0.3 is 4.74 Å². The van der Waals surface area contributed by atoms with Gasteiger partial charge in [0.25, 0.3) is 0 Å². The average molecular weight is 174 g/mol. The first-order chi connectivity index (χ1) is 6.36. The molecule has 2 aliphatic rings. The lowest BCUT2D eigenvalue weighted by atomic mass is 9.68. The summed E-state index contributed by atoms with van der Waals surface area (Å²) < 4.78 is 5.23. The van der Waals surface area contributed by atoms with E-state index >= 15 is 0 Å². The molecule has 0 unspecified atom stereocenters. The zero-order valence-electron chi connectivity index (χ0n) is 7.19. The predicted molar refractivity (Wildman–Crippen MR) is 47.5 cm³/mol. The van der Waals surface area contributed by atoms with Gasteiger partial charge in [0, 0.05) is 5.92 Å². The van der Waals surface area contributed by atoms with Gasteiger partial charge in [0.1, 0.15) is 5.75 Å². The van der Waals surface area contributed by atoms with Gasteiger partial charge in [-0.05, 0) is 24.5 Å². The van der Waals surface area contributed by atoms with E-state index in [1.807, 2.05) is 18.2 Å². The number of para-hydroxylation sites is 1. The van der Waals surface area contributed by atoms with E-state index in [-0.39, 0.29) is 11.9 Å². The van der Waals surface area contributed by atoms with Crippen molar-refractivity contribution in [2.75, 3.05) is 0 Å². The van der Waals surface area contributed by atoms with Crippen molar-refractivity contribution < 1.29 is 9.53 Å². The van der Waals surface area contributed by atoms with Crippen LogP contribution >= 0.6 is 0 Å². The van der Waals surface area contributed by atoms with Crippen molar-refractivity contribution in [1.29, 1.82) is 0 Å². The molecular weight excluding hydrogens is 164 g/mol. The summed E-state index contributed by atoms with van der Waals surface area (Å²) in [5, 5.41) is 0. The van der Waals surface area contributed by atoms with Crippen LogP contribution in [-0.4, -0.2) is 5.97 Å². The minimum absolute atomic E-state index is 0.0325. The van der Waals surface area contributed by atoms with Crippen molar-refractivity contribution in [1.82, 2.24) is 0 Å². The number of carbonyl (C=O) groups excluding carboxylic acids is 1. The highest BCUT2D eigenvalue weighted by atomic mass is 16.5. The maximum Gasteiger partial charge on any atom is 0.314 e. The molecule has 3 rings (SSSR count). The number of rotatable bonds is 0. The zero-order chi connectivity index (χ0) is 8.84. The monoisotopic (exact) mass is 174 g/mol. The average Bonchev–Trinajstić information content (AvgIpc) is 2.04. The van der Waals surface area contributed by atoms with Gasteiger partial charge in [-0.2, -0.15) is 0 Å². The molecule has 0 bridgehead atoms. The molecule has 1 heterocycles. The molecule has 0 N–H and O–H groups in total. The van der Waals surface area contributed by atoms with Gasteiger partial charge in [0.15, 0.2) is 0 Å². The van der Waals surface area contributed by atoms with Crippen LogP contribution in [0.5, 0.6) is 5.75 Å². The van der Waals surface area contributed by atoms with Crippen LogP contribution in [0.15, 0.2) is 24.3 Å². The first-order valence-electron chi connectivity index (χ1n) is 4.67. The number of esters is 1. The van der Waals surface area contributed by atoms with Crippen LogP contribution in [-0.2, 0) is 4.79 Å². The molecule has 1 aromatic carbocycles. The Bertz CT molecular complexity index is 370. The molecule has 1 aliphatic heterocycles. The fourth-order valence-electron chi connectivity index (χ4n) is 2.22. The highest BCUT2D eigenvalue weighted by molar-refractivity contribution is 5.80. The molecule has 66 valence electrons. The summed E-state index contributed by atoms with van der Waals surface area (Å²) in [6, 6.07) is 7.86. The van der Waals surface area contributed by atoms with E-state index in [4.69, 9.17) is 4.74 Å². The third kappa shape index (κ3) is 0.857. The Morgan fingerprint density at radius 2 is 1.92 bits per heavy atom. The van der Waals surface area contributed by atoms with Gasteiger partial charge >= 0.3 is 5.97 Å². The summed E-state index contributed by atoms with van der Waals surface area (Å²) in [6.07, 6.45) is 2.13. The van der Waals surface area contributed by atoms with Crippen LogP contribution in [0.4, 0.5) is 0 Å². The van der Waals surface area contributed by atoms with E-state index in [0.29, 0.717) is 5.92 Å². The Kier molecular flexibility index (Phi) is 1.29. The Balaban J connectivity index is 2.12. The third-order valence-electron chi connectivity index (χ3n) is 3.11. The molecule has 13 heavy (non-hydrogen) atoms. The van der Waals surface area contributed by atoms with Crippen molar-refractivity contribution in [3.8, 4) is 5.75 Å². The second kappa shape index (κ2) is 2.34. The fourth-order valence-corrected chi connectivity index (χ4v) is 2.22. The van der Waals surface area contributed by atoms with Crippen molar-refractivity contribution in [3.05, 3.63) is 29.8 Å². The quantitative estimate of drug-likeness (QED) is 0.444. The summed E-state index contributed by atoms with van der Waals surface area (Å²) in [7, 11) is 0. The van der Waals surface area contributed by atoms with Crippen molar-refractivity contribution in [2.45, 2.75) is 18.8 Å². The molecule has 1 aromatic rings. The van der Waals surface area contributed by atoms with Gasteiger partial charge in [0.2, 0.25) is 0 Å². The van der Waals surface area contributed by atoms with Crippen molar-refractivity contribution in [3.63, 3.8) is 0 Å². The van der Waals surface area contributed by atoms with Gasteiger partial charge in [-0.1, -0.05) is 18.2 Å². The molecule has 2 nitrogen and oxygen atoms in total. The van der Waals surface area contributed by atoms with E-state index < -0.39 is 0 Å². The first kappa shape index (κ1) is 7.13. The lowest BCUT2D eigenvalue weighted by Crippen LogP contribution is -2.38. The molecular formula is C11H10O2. The molecule has 0 aromatic heterocycles. The number of carbonyl (C=O) groups is 1. The summed E-state index contributed by atoms with van der Waals surface area (Å²) in [5.74, 6) is 1.33. The third-order valence-corrected chi connectivity index (χ3v) is 3.11. The van der Waals surface area contributed by atoms with Gasteiger partial charge in [-0.15, -0.1) is 0 Å². The Labute approximate surface area is 76.5 Å². The minimum Gasteiger partial charge on any atom is -0.426 e. The summed E-state index contributed by atoms with van der Waals surface area (Å²) in [5.41, 5.74) is 1.22. The van der Waals surface area contributed by atoms with Gasteiger partial charge in [-0.25, -0.2) is 0 Å². The topological polar surface area (TPSA) is 26.3 Å². The van der Waals surface area contributed by atoms with Crippen molar-refractivity contribution >= 4 is 5.97 Å². The van der Waals surface area contributed by atoms with Crippen LogP contribution in [0.2, 0.25) is 0 Å². The number of hydrogen-bond acceptors (Lipinski definition) is 2. The lowest BCUT2D eigenvalue weighted by molar-refractivity contribution is -0.144. The van der Waals surface area contributed by atoms with E-state index in [0.717, 1.165) is 18.6 Å². The molecule has 1 fully saturated rings. The molecule has 1 aliphatic carbocycles. The maximum atomic E-state index is 11.4. The van der Waals surface area contributed by atoms with E-state index in [1.54, 1.807) is 0 Å². The second-order valence-corrected chi connectivity index (χ2v) is 3.75. The lowest BCUT2D eigenvalue weighted by Gasteiger charge is -2.39. The number of hydrogen-bond donors (Lipinski definition) is 0. The molecule has 2 heteroatoms. The first-order valence-corrected chi connectivity index (χ1v) is 4.67. The zero-order valence-corrected chi connectivity index (χ0v) is 7.19. The van der Waals surface area contributed by atoms with Crippen molar-refractivity contribution in [2.24, 2.45) is 5.92 Å². The Morgan fingerprint density at radius 3 is 2.69 bits per heavy atom. The molecule has 0 saturated heterocycles. The normalized spacial score (nSPS) is 29.7. The molecule has 1 saturated carbocycles. The van der Waals surface area contributed by atoms with Crippen LogP contribution in [0.1, 0.15) is 24.3 Å². The van der Waals surface area contributed by atoms with Crippen LogP contribution in [0.3, 0.4) is 0 Å². The standard InChI is InChI=1S/C11H10O2/c12-11-9-6-5-7(9)8-3-1-2-4-10(8)13-11/h1-4,7,9H,5-6H2/t7-,9-/m0/s1. The smallest absolute Gasteiger partial charge is 0.314 e. The Hall–Kier alpha value is -1.31. The minimum atomic E-state index is -0.0325. The van der Waals surface area contributed by atoms with E-state index in [1.165, 1.54) is 5.56 Å². The molecule has 0 spiro atoms. The van der Waals surface area contributed by atoms with Crippen LogP contribution in [0.25, 0.3) is 0 Å². The fraction of sp³-hybridized carbons (Fsp3) is 0.364. The SMILES string of the molecule is O=C1Oc2ccccc2[C@@H]2CC[C@H]12.